The van der Waals surface area contributed by atoms with Crippen molar-refractivity contribution < 1.29 is 18.0 Å². The molecule has 0 aliphatic heterocycles. The summed E-state index contributed by atoms with van der Waals surface area (Å²) in [6.45, 7) is 7.93. The van der Waals surface area contributed by atoms with Gasteiger partial charge in [0.05, 0.1) is 5.69 Å². The maximum absolute atomic E-state index is 12.4. The molecule has 21 heavy (non-hydrogen) atoms. The van der Waals surface area contributed by atoms with E-state index >= 15 is 0 Å². The minimum Gasteiger partial charge on any atom is -0.317 e. The van der Waals surface area contributed by atoms with Gasteiger partial charge in [0.2, 0.25) is 0 Å². The van der Waals surface area contributed by atoms with Crippen LogP contribution < -0.4 is 5.32 Å². The maximum Gasteiger partial charge on any atom is 0.471 e. The van der Waals surface area contributed by atoms with Gasteiger partial charge in [-0.2, -0.15) is 13.2 Å². The molecule has 0 radical (unpaired) electrons. The Bertz CT molecular complexity index is 501. The van der Waals surface area contributed by atoms with Gasteiger partial charge in [0.1, 0.15) is 0 Å². The van der Waals surface area contributed by atoms with Crippen LogP contribution in [-0.2, 0) is 4.79 Å². The summed E-state index contributed by atoms with van der Waals surface area (Å²) in [6.07, 6.45) is -4.89. The van der Waals surface area contributed by atoms with E-state index in [-0.39, 0.29) is 10.9 Å². The molecule has 0 saturated carbocycles. The molecule has 1 amide bonds. The molecule has 0 saturated heterocycles. The largest absolute Gasteiger partial charge is 0.471 e. The summed E-state index contributed by atoms with van der Waals surface area (Å²) < 4.78 is 37.2. The van der Waals surface area contributed by atoms with Crippen molar-refractivity contribution in [2.24, 2.45) is 0 Å². The third kappa shape index (κ3) is 5.82. The van der Waals surface area contributed by atoms with Crippen LogP contribution in [-0.4, -0.2) is 22.6 Å². The van der Waals surface area contributed by atoms with Gasteiger partial charge in [-0.1, -0.05) is 33.8 Å². The Hall–Kier alpha value is -0.820. The van der Waals surface area contributed by atoms with Crippen LogP contribution in [0.5, 0.6) is 0 Å². The minimum absolute atomic E-state index is 0.195. The molecule has 2 nitrogen and oxygen atoms in total. The van der Waals surface area contributed by atoms with Gasteiger partial charge >= 0.3 is 12.1 Å². The lowest BCUT2D eigenvalue weighted by molar-refractivity contribution is -0.167. The number of benzene rings is 1. The Morgan fingerprint density at radius 2 is 1.67 bits per heavy atom. The van der Waals surface area contributed by atoms with E-state index in [0.29, 0.717) is 10.1 Å². The number of alkyl halides is 3. The molecule has 118 valence electrons. The summed E-state index contributed by atoms with van der Waals surface area (Å²) in [5, 5.41) is 2.46. The first-order valence-electron chi connectivity index (χ1n) is 6.45. The number of thioether (sulfide) groups is 2. The quantitative estimate of drug-likeness (QED) is 0.750. The summed E-state index contributed by atoms with van der Waals surface area (Å²) >= 11 is 3.01. The lowest BCUT2D eigenvalue weighted by Crippen LogP contribution is -2.30. The van der Waals surface area contributed by atoms with Crippen molar-refractivity contribution in [3.63, 3.8) is 0 Å². The number of carbonyl (C=O) groups excluding carboxylic acids is 1. The van der Waals surface area contributed by atoms with E-state index in [4.69, 9.17) is 0 Å². The van der Waals surface area contributed by atoms with Crippen molar-refractivity contribution in [1.29, 1.82) is 0 Å². The fraction of sp³-hybridized carbons (Fsp3) is 0.500. The summed E-state index contributed by atoms with van der Waals surface area (Å²) in [6, 6.07) is 5.01. The maximum atomic E-state index is 12.4. The second kappa shape index (κ2) is 7.45. The zero-order chi connectivity index (χ0) is 16.2. The van der Waals surface area contributed by atoms with Gasteiger partial charge in [-0.05, 0) is 12.1 Å². The molecule has 1 aromatic carbocycles. The van der Waals surface area contributed by atoms with Gasteiger partial charge in [-0.25, -0.2) is 0 Å². The zero-order valence-electron chi connectivity index (χ0n) is 12.2. The topological polar surface area (TPSA) is 29.1 Å². The van der Waals surface area contributed by atoms with Gasteiger partial charge in [0, 0.05) is 20.3 Å². The molecule has 0 bridgehead atoms. The molecular weight excluding hydrogens is 319 g/mol. The van der Waals surface area contributed by atoms with E-state index in [1.165, 1.54) is 17.8 Å². The van der Waals surface area contributed by atoms with Crippen LogP contribution in [0.1, 0.15) is 27.7 Å². The number of anilines is 1. The molecule has 0 fully saturated rings. The molecule has 0 unspecified atom stereocenters. The van der Waals surface area contributed by atoms with E-state index in [0.717, 1.165) is 4.90 Å². The fourth-order valence-corrected chi connectivity index (χ4v) is 3.58. The highest BCUT2D eigenvalue weighted by Crippen LogP contribution is 2.40. The standard InChI is InChI=1S/C14H18F3NOS2/c1-8(2)20-11-7-5-6-10(12(11)21-9(3)4)18-13(19)14(15,16)17/h5-9H,1-4H3,(H,18,19). The second-order valence-corrected chi connectivity index (χ2v) is 8.12. The average molecular weight is 337 g/mol. The molecule has 0 atom stereocenters. The molecule has 0 aliphatic rings. The zero-order valence-corrected chi connectivity index (χ0v) is 13.9. The highest BCUT2D eigenvalue weighted by molar-refractivity contribution is 8.03. The van der Waals surface area contributed by atoms with Crippen molar-refractivity contribution in [3.05, 3.63) is 18.2 Å². The number of hydrogen-bond donors (Lipinski definition) is 1. The summed E-state index contributed by atoms with van der Waals surface area (Å²) in [5.74, 6) is -1.94. The number of amides is 1. The van der Waals surface area contributed by atoms with E-state index in [2.05, 4.69) is 0 Å². The number of hydrogen-bond acceptors (Lipinski definition) is 3. The van der Waals surface area contributed by atoms with E-state index in [1.54, 1.807) is 17.8 Å². The van der Waals surface area contributed by atoms with Crippen LogP contribution in [0.15, 0.2) is 28.0 Å². The monoisotopic (exact) mass is 337 g/mol. The molecule has 7 heteroatoms. The SMILES string of the molecule is CC(C)Sc1cccc(NC(=O)C(F)(F)F)c1SC(C)C. The number of carbonyl (C=O) groups is 1. The van der Waals surface area contributed by atoms with E-state index < -0.39 is 12.1 Å². The Kier molecular flexibility index (Phi) is 6.46. The third-order valence-corrected chi connectivity index (χ3v) is 4.54. The van der Waals surface area contributed by atoms with E-state index in [9.17, 15) is 18.0 Å². The smallest absolute Gasteiger partial charge is 0.317 e. The molecule has 0 spiro atoms. The van der Waals surface area contributed by atoms with Gasteiger partial charge in [0.25, 0.3) is 0 Å². The summed E-state index contributed by atoms with van der Waals surface area (Å²) in [5.41, 5.74) is 0.210. The van der Waals surface area contributed by atoms with Gasteiger partial charge < -0.3 is 5.32 Å². The van der Waals surface area contributed by atoms with E-state index in [1.807, 2.05) is 39.1 Å². The number of rotatable bonds is 5. The van der Waals surface area contributed by atoms with Crippen molar-refractivity contribution in [2.45, 2.75) is 54.2 Å². The molecule has 1 aromatic rings. The van der Waals surface area contributed by atoms with Crippen LogP contribution in [0.2, 0.25) is 0 Å². The number of halogens is 3. The lowest BCUT2D eigenvalue weighted by Gasteiger charge is -2.18. The summed E-state index contributed by atoms with van der Waals surface area (Å²) in [4.78, 5) is 12.7. The van der Waals surface area contributed by atoms with Crippen molar-refractivity contribution in [1.82, 2.24) is 0 Å². The van der Waals surface area contributed by atoms with Crippen LogP contribution in [0.25, 0.3) is 0 Å². The molecule has 1 N–H and O–H groups in total. The second-order valence-electron chi connectivity index (χ2n) is 4.92. The highest BCUT2D eigenvalue weighted by Gasteiger charge is 2.39. The molecule has 0 aliphatic carbocycles. The van der Waals surface area contributed by atoms with Crippen molar-refractivity contribution in [3.8, 4) is 0 Å². The van der Waals surface area contributed by atoms with Crippen molar-refractivity contribution in [2.75, 3.05) is 5.32 Å². The first-order valence-corrected chi connectivity index (χ1v) is 8.21. The Labute approximate surface area is 131 Å². The first-order chi connectivity index (χ1) is 9.61. The van der Waals surface area contributed by atoms with Gasteiger partial charge in [0.15, 0.2) is 0 Å². The average Bonchev–Trinajstić information content (AvgIpc) is 2.30. The molecule has 1 rings (SSSR count). The Balaban J connectivity index is 3.15. The van der Waals surface area contributed by atoms with Crippen LogP contribution in [0, 0.1) is 0 Å². The minimum atomic E-state index is -4.89. The lowest BCUT2D eigenvalue weighted by atomic mass is 10.3. The van der Waals surface area contributed by atoms with Crippen LogP contribution in [0.4, 0.5) is 18.9 Å². The van der Waals surface area contributed by atoms with Gasteiger partial charge in [-0.15, -0.1) is 23.5 Å². The third-order valence-electron chi connectivity index (χ3n) is 2.20. The Morgan fingerprint density at radius 3 is 2.14 bits per heavy atom. The predicted molar refractivity (Wildman–Crippen MR) is 83.1 cm³/mol. The summed E-state index contributed by atoms with van der Waals surface area (Å²) in [7, 11) is 0. The Morgan fingerprint density at radius 1 is 1.10 bits per heavy atom. The normalized spacial score (nSPS) is 12.0. The molecule has 0 aromatic heterocycles. The first kappa shape index (κ1) is 18.2. The number of nitrogens with one attached hydrogen (secondary N) is 1. The van der Waals surface area contributed by atoms with Crippen LogP contribution in [0.3, 0.4) is 0 Å². The van der Waals surface area contributed by atoms with Crippen LogP contribution >= 0.6 is 23.5 Å². The molecule has 0 heterocycles. The van der Waals surface area contributed by atoms with Gasteiger partial charge in [-0.3, -0.25) is 4.79 Å². The predicted octanol–water partition coefficient (Wildman–Crippen LogP) is 5.19. The molecular formula is C14H18F3NOS2. The van der Waals surface area contributed by atoms with Crippen molar-refractivity contribution >= 4 is 35.1 Å². The highest BCUT2D eigenvalue weighted by atomic mass is 32.2. The fourth-order valence-electron chi connectivity index (χ4n) is 1.51.